The van der Waals surface area contributed by atoms with Crippen molar-refractivity contribution in [2.45, 2.75) is 6.42 Å². The van der Waals surface area contributed by atoms with Gasteiger partial charge in [-0.15, -0.1) is 0 Å². The van der Waals surface area contributed by atoms with E-state index in [0.717, 1.165) is 18.7 Å². The number of nitrogens with two attached hydrogens (primary N) is 1. The fourth-order valence-corrected chi connectivity index (χ4v) is 1.44. The number of aryl methyl sites for hydroxylation is 1. The van der Waals surface area contributed by atoms with Crippen LogP contribution in [0.2, 0.25) is 0 Å². The molecule has 0 spiro atoms. The van der Waals surface area contributed by atoms with Crippen LogP contribution in [0.1, 0.15) is 5.69 Å². The van der Waals surface area contributed by atoms with Gasteiger partial charge in [-0.3, -0.25) is 9.67 Å². The van der Waals surface area contributed by atoms with Crippen molar-refractivity contribution in [3.8, 4) is 0 Å². The number of hydrazine groups is 1. The monoisotopic (exact) mass is 233 g/mol. The molecule has 0 radical (unpaired) electrons. The molecule has 0 aliphatic heterocycles. The van der Waals surface area contributed by atoms with E-state index in [9.17, 15) is 0 Å². The third kappa shape index (κ3) is 3.15. The van der Waals surface area contributed by atoms with Gasteiger partial charge in [0.05, 0.1) is 18.1 Å². The van der Waals surface area contributed by atoms with E-state index in [2.05, 4.69) is 25.8 Å². The first kappa shape index (κ1) is 11.3. The standard InChI is InChI=1S/C10H15N7/c1-17-5-3-8(16-17)2-4-13-9-6-12-7-10(14-9)15-11/h3,5-7H,2,4,11H2,1H3,(H2,13,14,15). The van der Waals surface area contributed by atoms with Crippen LogP contribution in [0, 0.1) is 0 Å². The van der Waals surface area contributed by atoms with Gasteiger partial charge in [-0.05, 0) is 6.07 Å². The number of hydrogen-bond donors (Lipinski definition) is 3. The van der Waals surface area contributed by atoms with E-state index in [1.165, 1.54) is 0 Å². The molecule has 17 heavy (non-hydrogen) atoms. The van der Waals surface area contributed by atoms with Crippen molar-refractivity contribution in [2.75, 3.05) is 17.3 Å². The number of rotatable bonds is 5. The first-order chi connectivity index (χ1) is 8.28. The Labute approximate surface area is 99.0 Å². The highest BCUT2D eigenvalue weighted by atomic mass is 15.3. The summed E-state index contributed by atoms with van der Waals surface area (Å²) < 4.78 is 1.79. The summed E-state index contributed by atoms with van der Waals surface area (Å²) in [6, 6.07) is 1.99. The van der Waals surface area contributed by atoms with Gasteiger partial charge in [0.15, 0.2) is 5.82 Å². The van der Waals surface area contributed by atoms with Crippen LogP contribution in [0.5, 0.6) is 0 Å². The number of nitrogen functional groups attached to an aromatic ring is 1. The molecule has 0 aliphatic rings. The third-order valence-corrected chi connectivity index (χ3v) is 2.24. The van der Waals surface area contributed by atoms with Crippen molar-refractivity contribution in [2.24, 2.45) is 12.9 Å². The predicted molar refractivity (Wildman–Crippen MR) is 65.2 cm³/mol. The summed E-state index contributed by atoms with van der Waals surface area (Å²) in [6.07, 6.45) is 5.97. The maximum atomic E-state index is 5.25. The summed E-state index contributed by atoms with van der Waals surface area (Å²) in [4.78, 5) is 8.19. The van der Waals surface area contributed by atoms with Gasteiger partial charge in [-0.1, -0.05) is 0 Å². The smallest absolute Gasteiger partial charge is 0.160 e. The Kier molecular flexibility index (Phi) is 3.51. The Morgan fingerprint density at radius 1 is 1.35 bits per heavy atom. The second-order valence-corrected chi connectivity index (χ2v) is 3.59. The molecule has 0 unspecified atom stereocenters. The average molecular weight is 233 g/mol. The zero-order valence-electron chi connectivity index (χ0n) is 9.59. The van der Waals surface area contributed by atoms with Gasteiger partial charge in [0.1, 0.15) is 5.82 Å². The van der Waals surface area contributed by atoms with Crippen molar-refractivity contribution in [1.29, 1.82) is 0 Å². The maximum absolute atomic E-state index is 5.25. The first-order valence-corrected chi connectivity index (χ1v) is 5.29. The number of nitrogens with one attached hydrogen (secondary N) is 2. The molecule has 2 rings (SSSR count). The zero-order chi connectivity index (χ0) is 12.1. The molecular formula is C10H15N7. The van der Waals surface area contributed by atoms with Crippen LogP contribution in [0.3, 0.4) is 0 Å². The van der Waals surface area contributed by atoms with Crippen LogP contribution in [0.15, 0.2) is 24.7 Å². The Hall–Kier alpha value is -2.15. The predicted octanol–water partition coefficient (Wildman–Crippen LogP) is 0.150. The van der Waals surface area contributed by atoms with Crippen LogP contribution < -0.4 is 16.6 Å². The molecule has 4 N–H and O–H groups in total. The Balaban J connectivity index is 1.85. The maximum Gasteiger partial charge on any atom is 0.160 e. The van der Waals surface area contributed by atoms with Crippen molar-refractivity contribution in [3.63, 3.8) is 0 Å². The number of aromatic nitrogens is 4. The fraction of sp³-hybridized carbons (Fsp3) is 0.300. The highest BCUT2D eigenvalue weighted by Gasteiger charge is 1.99. The van der Waals surface area contributed by atoms with Crippen LogP contribution in [0.25, 0.3) is 0 Å². The second-order valence-electron chi connectivity index (χ2n) is 3.59. The normalized spacial score (nSPS) is 10.2. The van der Waals surface area contributed by atoms with E-state index in [1.807, 2.05) is 19.3 Å². The number of anilines is 2. The molecule has 2 heterocycles. The first-order valence-electron chi connectivity index (χ1n) is 5.29. The summed E-state index contributed by atoms with van der Waals surface area (Å²) in [5, 5.41) is 7.44. The molecule has 0 saturated carbocycles. The van der Waals surface area contributed by atoms with Crippen LogP contribution in [-0.4, -0.2) is 26.3 Å². The second kappa shape index (κ2) is 5.26. The lowest BCUT2D eigenvalue weighted by atomic mass is 10.3. The Morgan fingerprint density at radius 2 is 2.18 bits per heavy atom. The summed E-state index contributed by atoms with van der Waals surface area (Å²) in [5.74, 6) is 6.47. The zero-order valence-corrected chi connectivity index (χ0v) is 9.59. The molecule has 0 bridgehead atoms. The summed E-state index contributed by atoms with van der Waals surface area (Å²) >= 11 is 0. The molecule has 0 fully saturated rings. The minimum Gasteiger partial charge on any atom is -0.368 e. The Bertz CT molecular complexity index is 479. The van der Waals surface area contributed by atoms with Crippen molar-refractivity contribution < 1.29 is 0 Å². The minimum atomic E-state index is 0.535. The highest BCUT2D eigenvalue weighted by molar-refractivity contribution is 5.40. The van der Waals surface area contributed by atoms with E-state index in [4.69, 9.17) is 5.84 Å². The van der Waals surface area contributed by atoms with Gasteiger partial charge in [0.2, 0.25) is 0 Å². The quantitative estimate of drug-likeness (QED) is 0.503. The minimum absolute atomic E-state index is 0.535. The molecule has 90 valence electrons. The molecule has 2 aromatic heterocycles. The Morgan fingerprint density at radius 3 is 2.88 bits per heavy atom. The number of nitrogens with zero attached hydrogens (tertiary/aromatic N) is 4. The topological polar surface area (TPSA) is 93.7 Å². The van der Waals surface area contributed by atoms with Crippen molar-refractivity contribution in [3.05, 3.63) is 30.4 Å². The molecular weight excluding hydrogens is 218 g/mol. The van der Waals surface area contributed by atoms with Crippen LogP contribution in [-0.2, 0) is 13.5 Å². The van der Waals surface area contributed by atoms with E-state index in [-0.39, 0.29) is 0 Å². The van der Waals surface area contributed by atoms with Gasteiger partial charge >= 0.3 is 0 Å². The SMILES string of the molecule is Cn1ccc(CCNc2cncc(NN)n2)n1. The van der Waals surface area contributed by atoms with E-state index >= 15 is 0 Å². The van der Waals surface area contributed by atoms with Gasteiger partial charge in [-0.2, -0.15) is 5.10 Å². The molecule has 0 saturated heterocycles. The highest BCUT2D eigenvalue weighted by Crippen LogP contribution is 2.05. The van der Waals surface area contributed by atoms with Crippen molar-refractivity contribution in [1.82, 2.24) is 19.7 Å². The van der Waals surface area contributed by atoms with Crippen LogP contribution >= 0.6 is 0 Å². The molecule has 7 nitrogen and oxygen atoms in total. The lowest BCUT2D eigenvalue weighted by Gasteiger charge is -2.05. The van der Waals surface area contributed by atoms with E-state index in [1.54, 1.807) is 17.1 Å². The summed E-state index contributed by atoms with van der Waals surface area (Å²) in [6.45, 7) is 0.750. The third-order valence-electron chi connectivity index (χ3n) is 2.24. The molecule has 0 aliphatic carbocycles. The van der Waals surface area contributed by atoms with Gasteiger partial charge in [0, 0.05) is 26.2 Å². The molecule has 7 heteroatoms. The average Bonchev–Trinajstić information content (AvgIpc) is 2.75. The van der Waals surface area contributed by atoms with Gasteiger partial charge < -0.3 is 10.7 Å². The molecule has 0 atom stereocenters. The van der Waals surface area contributed by atoms with Crippen molar-refractivity contribution >= 4 is 11.6 Å². The van der Waals surface area contributed by atoms with Gasteiger partial charge in [0.25, 0.3) is 0 Å². The molecule has 0 amide bonds. The number of hydrogen-bond acceptors (Lipinski definition) is 6. The molecule has 2 aromatic rings. The molecule has 0 aromatic carbocycles. The van der Waals surface area contributed by atoms with Crippen LogP contribution in [0.4, 0.5) is 11.6 Å². The fourth-order valence-electron chi connectivity index (χ4n) is 1.44. The van der Waals surface area contributed by atoms with Gasteiger partial charge in [-0.25, -0.2) is 10.8 Å². The lowest BCUT2D eigenvalue weighted by Crippen LogP contribution is -2.12. The van der Waals surface area contributed by atoms with E-state index in [0.29, 0.717) is 11.6 Å². The van der Waals surface area contributed by atoms with E-state index < -0.39 is 0 Å². The lowest BCUT2D eigenvalue weighted by molar-refractivity contribution is 0.742. The summed E-state index contributed by atoms with van der Waals surface area (Å²) in [7, 11) is 1.90. The summed E-state index contributed by atoms with van der Waals surface area (Å²) in [5.41, 5.74) is 3.49. The largest absolute Gasteiger partial charge is 0.368 e.